The lowest BCUT2D eigenvalue weighted by Crippen LogP contribution is -2.42. The van der Waals surface area contributed by atoms with Gasteiger partial charge in [0.25, 0.3) is 0 Å². The van der Waals surface area contributed by atoms with Gasteiger partial charge in [-0.15, -0.1) is 0 Å². The van der Waals surface area contributed by atoms with Crippen molar-refractivity contribution < 1.29 is 10.9 Å². The molecule has 2 aliphatic rings. The molecule has 1 saturated heterocycles. The molecule has 1 aromatic carbocycles. The van der Waals surface area contributed by atoms with Gasteiger partial charge in [-0.05, 0) is 60.8 Å². The fourth-order valence-electron chi connectivity index (χ4n) is 4.31. The average Bonchev–Trinajstić information content (AvgIpc) is 2.52. The van der Waals surface area contributed by atoms with Crippen LogP contribution in [0.15, 0.2) is 12.1 Å². The Balaban J connectivity index is 0.00000192. The van der Waals surface area contributed by atoms with Gasteiger partial charge < -0.3 is 9.47 Å². The lowest BCUT2D eigenvalue weighted by molar-refractivity contribution is 0.0894. The van der Waals surface area contributed by atoms with Gasteiger partial charge in [0.05, 0.1) is 14.2 Å². The third kappa shape index (κ3) is 2.96. The van der Waals surface area contributed by atoms with Crippen LogP contribution in [0.3, 0.4) is 0 Å². The molecule has 2 aliphatic heterocycles. The largest absolute Gasteiger partial charge is 0.493 e. The number of ether oxygens (including phenoxy) is 2. The van der Waals surface area contributed by atoms with E-state index in [-0.39, 0.29) is 1.43 Å². The van der Waals surface area contributed by atoms with Crippen molar-refractivity contribution in [1.29, 1.82) is 0 Å². The van der Waals surface area contributed by atoms with Crippen molar-refractivity contribution in [3.8, 4) is 11.5 Å². The molecule has 124 valence electrons. The van der Waals surface area contributed by atoms with Gasteiger partial charge in [0.2, 0.25) is 0 Å². The zero-order chi connectivity index (χ0) is 15.7. The van der Waals surface area contributed by atoms with E-state index in [1.807, 2.05) is 0 Å². The molecule has 22 heavy (non-hydrogen) atoms. The Kier molecular flexibility index (Phi) is 4.62. The van der Waals surface area contributed by atoms with Gasteiger partial charge in [0.1, 0.15) is 0 Å². The molecular formula is C19H31NO2. The summed E-state index contributed by atoms with van der Waals surface area (Å²) in [5, 5.41) is 0. The molecule has 0 amide bonds. The Morgan fingerprint density at radius 2 is 1.91 bits per heavy atom. The maximum atomic E-state index is 5.51. The van der Waals surface area contributed by atoms with Gasteiger partial charge in [-0.2, -0.15) is 0 Å². The summed E-state index contributed by atoms with van der Waals surface area (Å²) < 4.78 is 11.0. The summed E-state index contributed by atoms with van der Waals surface area (Å²) >= 11 is 0. The minimum absolute atomic E-state index is 0. The normalized spacial score (nSPS) is 24.8. The van der Waals surface area contributed by atoms with Gasteiger partial charge in [-0.25, -0.2) is 0 Å². The van der Waals surface area contributed by atoms with Gasteiger partial charge in [0.15, 0.2) is 11.5 Å². The second-order valence-corrected chi connectivity index (χ2v) is 7.24. The van der Waals surface area contributed by atoms with Crippen LogP contribution in [0, 0.1) is 11.8 Å². The number of rotatable bonds is 4. The minimum atomic E-state index is 0. The van der Waals surface area contributed by atoms with Gasteiger partial charge in [-0.3, -0.25) is 4.90 Å². The van der Waals surface area contributed by atoms with Crippen LogP contribution in [-0.2, 0) is 6.42 Å². The summed E-state index contributed by atoms with van der Waals surface area (Å²) in [6, 6.07) is 4.98. The van der Waals surface area contributed by atoms with Gasteiger partial charge >= 0.3 is 0 Å². The van der Waals surface area contributed by atoms with Crippen LogP contribution in [0.25, 0.3) is 0 Å². The second-order valence-electron chi connectivity index (χ2n) is 7.24. The summed E-state index contributed by atoms with van der Waals surface area (Å²) in [5.41, 5.74) is 2.91. The Bertz CT molecular complexity index is 532. The van der Waals surface area contributed by atoms with E-state index < -0.39 is 0 Å². The maximum Gasteiger partial charge on any atom is 0.161 e. The van der Waals surface area contributed by atoms with Crippen molar-refractivity contribution in [1.82, 2.24) is 4.90 Å². The van der Waals surface area contributed by atoms with E-state index in [0.717, 1.165) is 29.8 Å². The summed E-state index contributed by atoms with van der Waals surface area (Å²) in [6.07, 6.45) is 5.12. The first kappa shape index (κ1) is 15.7. The second kappa shape index (κ2) is 6.49. The van der Waals surface area contributed by atoms with E-state index in [0.29, 0.717) is 6.04 Å². The SMILES string of the molecule is COc1cc2c(cc1OC)C1CCC(CC(C)C)CN1CC2.[HH]. The number of nitrogens with zero attached hydrogens (tertiary/aromatic N) is 1. The standard InChI is InChI=1S/C19H29NO2.H2/c1-13(2)9-14-5-6-17-16-11-19(22-4)18(21-3)10-15(16)7-8-20(17)12-14;/h10-11,13-14,17H,5-9,12H2,1-4H3;1H. The first-order valence-corrected chi connectivity index (χ1v) is 8.61. The molecular weight excluding hydrogens is 274 g/mol. The number of fused-ring (bicyclic) bond motifs is 3. The highest BCUT2D eigenvalue weighted by Crippen LogP contribution is 2.43. The molecule has 2 atom stereocenters. The lowest BCUT2D eigenvalue weighted by Gasteiger charge is -2.44. The molecule has 3 rings (SSSR count). The fourth-order valence-corrected chi connectivity index (χ4v) is 4.31. The molecule has 0 radical (unpaired) electrons. The Hall–Kier alpha value is -1.22. The van der Waals surface area contributed by atoms with Crippen molar-refractivity contribution in [3.05, 3.63) is 23.3 Å². The van der Waals surface area contributed by atoms with Crippen LogP contribution in [0.2, 0.25) is 0 Å². The van der Waals surface area contributed by atoms with Crippen molar-refractivity contribution in [2.75, 3.05) is 27.3 Å². The van der Waals surface area contributed by atoms with Crippen LogP contribution in [0.4, 0.5) is 0 Å². The van der Waals surface area contributed by atoms with Crippen LogP contribution in [0.1, 0.15) is 51.7 Å². The zero-order valence-electron chi connectivity index (χ0n) is 14.4. The number of piperidine rings is 1. The summed E-state index contributed by atoms with van der Waals surface area (Å²) in [4.78, 5) is 2.70. The Morgan fingerprint density at radius 1 is 1.18 bits per heavy atom. The molecule has 3 nitrogen and oxygen atoms in total. The van der Waals surface area contributed by atoms with Gasteiger partial charge in [-0.1, -0.05) is 13.8 Å². The van der Waals surface area contributed by atoms with Crippen molar-refractivity contribution in [2.24, 2.45) is 11.8 Å². The van der Waals surface area contributed by atoms with Crippen molar-refractivity contribution >= 4 is 0 Å². The van der Waals surface area contributed by atoms with E-state index >= 15 is 0 Å². The van der Waals surface area contributed by atoms with Crippen molar-refractivity contribution in [2.45, 2.75) is 45.6 Å². The van der Waals surface area contributed by atoms with Crippen molar-refractivity contribution in [3.63, 3.8) is 0 Å². The minimum Gasteiger partial charge on any atom is -0.493 e. The Labute approximate surface area is 136 Å². The monoisotopic (exact) mass is 305 g/mol. The lowest BCUT2D eigenvalue weighted by atomic mass is 9.81. The van der Waals surface area contributed by atoms with E-state index in [1.165, 1.54) is 43.5 Å². The molecule has 3 heteroatoms. The molecule has 1 aromatic rings. The molecule has 0 aliphatic carbocycles. The highest BCUT2D eigenvalue weighted by Gasteiger charge is 2.34. The van der Waals surface area contributed by atoms with Crippen LogP contribution >= 0.6 is 0 Å². The molecule has 0 spiro atoms. The average molecular weight is 305 g/mol. The third-order valence-electron chi connectivity index (χ3n) is 5.26. The molecule has 1 fully saturated rings. The number of hydrogen-bond acceptors (Lipinski definition) is 3. The number of benzene rings is 1. The summed E-state index contributed by atoms with van der Waals surface area (Å²) in [7, 11) is 3.45. The van der Waals surface area contributed by atoms with E-state index in [1.54, 1.807) is 14.2 Å². The number of methoxy groups -OCH3 is 2. The van der Waals surface area contributed by atoms with Gasteiger partial charge in [0, 0.05) is 20.6 Å². The predicted octanol–water partition coefficient (Wildman–Crippen LogP) is 4.31. The smallest absolute Gasteiger partial charge is 0.161 e. The zero-order valence-corrected chi connectivity index (χ0v) is 14.4. The van der Waals surface area contributed by atoms with E-state index in [2.05, 4.69) is 30.9 Å². The van der Waals surface area contributed by atoms with Crippen LogP contribution in [-0.4, -0.2) is 32.2 Å². The summed E-state index contributed by atoms with van der Waals surface area (Å²) in [6.45, 7) is 7.13. The molecule has 2 unspecified atom stereocenters. The van der Waals surface area contributed by atoms with Crippen LogP contribution in [0.5, 0.6) is 11.5 Å². The highest BCUT2D eigenvalue weighted by atomic mass is 16.5. The number of hydrogen-bond donors (Lipinski definition) is 0. The maximum absolute atomic E-state index is 5.51. The highest BCUT2D eigenvalue weighted by molar-refractivity contribution is 5.49. The first-order chi connectivity index (χ1) is 10.6. The van der Waals surface area contributed by atoms with Crippen LogP contribution < -0.4 is 9.47 Å². The Morgan fingerprint density at radius 3 is 2.59 bits per heavy atom. The summed E-state index contributed by atoms with van der Waals surface area (Å²) in [5.74, 6) is 3.41. The molecule has 0 N–H and O–H groups in total. The van der Waals surface area contributed by atoms with E-state index in [9.17, 15) is 0 Å². The quantitative estimate of drug-likeness (QED) is 0.827. The molecule has 0 aromatic heterocycles. The first-order valence-electron chi connectivity index (χ1n) is 8.61. The third-order valence-corrected chi connectivity index (χ3v) is 5.26. The van der Waals surface area contributed by atoms with E-state index in [4.69, 9.17) is 9.47 Å². The predicted molar refractivity (Wildman–Crippen MR) is 91.9 cm³/mol. The fraction of sp³-hybridized carbons (Fsp3) is 0.684. The molecule has 2 heterocycles. The molecule has 0 saturated carbocycles. The molecule has 0 bridgehead atoms. The topological polar surface area (TPSA) is 21.7 Å².